The molecule has 1 aromatic heterocycles. The van der Waals surface area contributed by atoms with E-state index in [1.54, 1.807) is 18.4 Å². The fourth-order valence-corrected chi connectivity index (χ4v) is 3.82. The summed E-state index contributed by atoms with van der Waals surface area (Å²) in [7, 11) is 1.69. The molecule has 0 radical (unpaired) electrons. The van der Waals surface area contributed by atoms with Gasteiger partial charge >= 0.3 is 0 Å². The molecular formula is C20H26N4O2S. The van der Waals surface area contributed by atoms with Crippen LogP contribution >= 0.6 is 11.3 Å². The van der Waals surface area contributed by atoms with E-state index in [9.17, 15) is 4.79 Å². The summed E-state index contributed by atoms with van der Waals surface area (Å²) in [5.74, 6) is 1.54. The van der Waals surface area contributed by atoms with Crippen LogP contribution in [0.25, 0.3) is 0 Å². The molecule has 6 nitrogen and oxygen atoms in total. The second-order valence-electron chi connectivity index (χ2n) is 6.45. The molecule has 0 atom stereocenters. The third-order valence-corrected chi connectivity index (χ3v) is 5.50. The highest BCUT2D eigenvalue weighted by Gasteiger charge is 2.21. The van der Waals surface area contributed by atoms with Crippen LogP contribution in [0, 0.1) is 6.92 Å². The SMILES string of the molecule is CN=C(NCCOc1ccc(C)cc1)NCC(=O)N1CCc2sccc2C1. The predicted octanol–water partition coefficient (Wildman–Crippen LogP) is 2.19. The summed E-state index contributed by atoms with van der Waals surface area (Å²) in [5.41, 5.74) is 2.48. The molecule has 2 heterocycles. The quantitative estimate of drug-likeness (QED) is 0.454. The molecule has 1 aliphatic rings. The third-order valence-electron chi connectivity index (χ3n) is 4.48. The summed E-state index contributed by atoms with van der Waals surface area (Å²) < 4.78 is 5.68. The van der Waals surface area contributed by atoms with E-state index in [0.717, 1.165) is 18.7 Å². The molecule has 2 N–H and O–H groups in total. The standard InChI is InChI=1S/C20H26N4O2S/c1-15-3-5-17(6-4-15)26-11-9-22-20(21-2)23-13-19(25)24-10-7-18-16(14-24)8-12-27-18/h3-6,8,12H,7,9-11,13-14H2,1-2H3,(H2,21,22,23). The lowest BCUT2D eigenvalue weighted by Crippen LogP contribution is -2.46. The second kappa shape index (κ2) is 9.41. The largest absolute Gasteiger partial charge is 0.492 e. The van der Waals surface area contributed by atoms with Gasteiger partial charge in [-0.1, -0.05) is 17.7 Å². The second-order valence-corrected chi connectivity index (χ2v) is 7.45. The van der Waals surface area contributed by atoms with Crippen molar-refractivity contribution in [3.05, 3.63) is 51.7 Å². The van der Waals surface area contributed by atoms with Gasteiger partial charge in [-0.25, -0.2) is 0 Å². The number of guanidine groups is 1. The zero-order chi connectivity index (χ0) is 19.1. The summed E-state index contributed by atoms with van der Waals surface area (Å²) in [5, 5.41) is 8.35. The molecule has 0 bridgehead atoms. The first kappa shape index (κ1) is 19.2. The maximum absolute atomic E-state index is 12.5. The highest BCUT2D eigenvalue weighted by Crippen LogP contribution is 2.23. The monoisotopic (exact) mass is 386 g/mol. The molecule has 0 fully saturated rings. The lowest BCUT2D eigenvalue weighted by Gasteiger charge is -2.27. The smallest absolute Gasteiger partial charge is 0.242 e. The van der Waals surface area contributed by atoms with Gasteiger partial charge in [0.1, 0.15) is 12.4 Å². The Morgan fingerprint density at radius 2 is 2.07 bits per heavy atom. The van der Waals surface area contributed by atoms with E-state index in [-0.39, 0.29) is 12.5 Å². The Balaban J connectivity index is 1.36. The molecule has 27 heavy (non-hydrogen) atoms. The number of ether oxygens (including phenoxy) is 1. The normalized spacial score (nSPS) is 13.9. The summed E-state index contributed by atoms with van der Waals surface area (Å²) >= 11 is 1.78. The van der Waals surface area contributed by atoms with Gasteiger partial charge in [0.2, 0.25) is 5.91 Å². The number of hydrogen-bond acceptors (Lipinski definition) is 4. The average Bonchev–Trinajstić information content (AvgIpc) is 3.16. The van der Waals surface area contributed by atoms with Crippen molar-refractivity contribution in [2.24, 2.45) is 4.99 Å². The van der Waals surface area contributed by atoms with Gasteiger partial charge in [0.25, 0.3) is 0 Å². The van der Waals surface area contributed by atoms with Gasteiger partial charge in [-0.05, 0) is 42.5 Å². The van der Waals surface area contributed by atoms with Crippen molar-refractivity contribution >= 4 is 23.2 Å². The van der Waals surface area contributed by atoms with E-state index in [1.165, 1.54) is 16.0 Å². The average molecular weight is 387 g/mol. The van der Waals surface area contributed by atoms with E-state index in [1.807, 2.05) is 36.1 Å². The molecule has 3 rings (SSSR count). The number of amides is 1. The van der Waals surface area contributed by atoms with Crippen LogP contribution in [0.2, 0.25) is 0 Å². The molecule has 0 saturated heterocycles. The molecule has 2 aromatic rings. The zero-order valence-electron chi connectivity index (χ0n) is 15.8. The Bertz CT molecular complexity index is 786. The van der Waals surface area contributed by atoms with E-state index < -0.39 is 0 Å². The van der Waals surface area contributed by atoms with Crippen LogP contribution in [0.15, 0.2) is 40.7 Å². The van der Waals surface area contributed by atoms with Crippen molar-refractivity contribution in [3.63, 3.8) is 0 Å². The first-order chi connectivity index (χ1) is 13.2. The molecule has 1 aromatic carbocycles. The van der Waals surface area contributed by atoms with Crippen LogP contribution < -0.4 is 15.4 Å². The first-order valence-corrected chi connectivity index (χ1v) is 10.0. The van der Waals surface area contributed by atoms with Crippen LogP contribution in [0.3, 0.4) is 0 Å². The van der Waals surface area contributed by atoms with Crippen molar-refractivity contribution in [2.75, 3.05) is 33.3 Å². The third kappa shape index (κ3) is 5.47. The van der Waals surface area contributed by atoms with Crippen LogP contribution in [0.4, 0.5) is 0 Å². The molecule has 0 saturated carbocycles. The molecule has 0 spiro atoms. The zero-order valence-corrected chi connectivity index (χ0v) is 16.6. The lowest BCUT2D eigenvalue weighted by atomic mass is 10.1. The van der Waals surface area contributed by atoms with Gasteiger partial charge in [0, 0.05) is 25.0 Å². The van der Waals surface area contributed by atoms with Gasteiger partial charge in [0.05, 0.1) is 13.1 Å². The van der Waals surface area contributed by atoms with E-state index in [4.69, 9.17) is 4.74 Å². The summed E-state index contributed by atoms with van der Waals surface area (Å²) in [6.45, 7) is 4.89. The highest BCUT2D eigenvalue weighted by molar-refractivity contribution is 7.10. The maximum atomic E-state index is 12.5. The van der Waals surface area contributed by atoms with Crippen LogP contribution in [0.1, 0.15) is 16.0 Å². The van der Waals surface area contributed by atoms with Crippen LogP contribution in [0.5, 0.6) is 5.75 Å². The van der Waals surface area contributed by atoms with Crippen molar-refractivity contribution in [3.8, 4) is 5.75 Å². The Hall–Kier alpha value is -2.54. The van der Waals surface area contributed by atoms with Crippen LogP contribution in [-0.2, 0) is 17.8 Å². The van der Waals surface area contributed by atoms with E-state index in [2.05, 4.69) is 27.1 Å². The molecule has 0 aliphatic carbocycles. The van der Waals surface area contributed by atoms with Gasteiger partial charge < -0.3 is 20.3 Å². The Morgan fingerprint density at radius 3 is 2.85 bits per heavy atom. The number of benzene rings is 1. The maximum Gasteiger partial charge on any atom is 0.242 e. The topological polar surface area (TPSA) is 66.0 Å². The number of thiophene rings is 1. The number of aliphatic imine (C=N–C) groups is 1. The number of rotatable bonds is 6. The van der Waals surface area contributed by atoms with Crippen LogP contribution in [-0.4, -0.2) is 50.1 Å². The van der Waals surface area contributed by atoms with Gasteiger partial charge in [0.15, 0.2) is 5.96 Å². The Morgan fingerprint density at radius 1 is 1.26 bits per heavy atom. The number of nitrogens with one attached hydrogen (secondary N) is 2. The number of carbonyl (C=O) groups is 1. The first-order valence-electron chi connectivity index (χ1n) is 9.12. The lowest BCUT2D eigenvalue weighted by molar-refractivity contribution is -0.130. The Kier molecular flexibility index (Phi) is 6.70. The Labute approximate surface area is 164 Å². The molecule has 7 heteroatoms. The minimum Gasteiger partial charge on any atom is -0.492 e. The fourth-order valence-electron chi connectivity index (χ4n) is 2.93. The van der Waals surface area contributed by atoms with Crippen molar-refractivity contribution in [2.45, 2.75) is 19.9 Å². The molecule has 144 valence electrons. The van der Waals surface area contributed by atoms with E-state index >= 15 is 0 Å². The van der Waals surface area contributed by atoms with Crippen molar-refractivity contribution in [1.82, 2.24) is 15.5 Å². The molecule has 1 aliphatic heterocycles. The number of hydrogen-bond donors (Lipinski definition) is 2. The minimum atomic E-state index is 0.0886. The number of aryl methyl sites for hydroxylation is 1. The summed E-state index contributed by atoms with van der Waals surface area (Å²) in [4.78, 5) is 19.9. The number of carbonyl (C=O) groups excluding carboxylic acids is 1. The van der Waals surface area contributed by atoms with Crippen molar-refractivity contribution < 1.29 is 9.53 Å². The van der Waals surface area contributed by atoms with Gasteiger partial charge in [-0.2, -0.15) is 0 Å². The van der Waals surface area contributed by atoms with Gasteiger partial charge in [-0.15, -0.1) is 11.3 Å². The molecular weight excluding hydrogens is 360 g/mol. The summed E-state index contributed by atoms with van der Waals surface area (Å²) in [6.07, 6.45) is 0.946. The van der Waals surface area contributed by atoms with Gasteiger partial charge in [-0.3, -0.25) is 9.79 Å². The highest BCUT2D eigenvalue weighted by atomic mass is 32.1. The fraction of sp³-hybridized carbons (Fsp3) is 0.400. The summed E-state index contributed by atoms with van der Waals surface area (Å²) in [6, 6.07) is 10.1. The predicted molar refractivity (Wildman–Crippen MR) is 109 cm³/mol. The minimum absolute atomic E-state index is 0.0886. The number of nitrogens with zero attached hydrogens (tertiary/aromatic N) is 2. The molecule has 0 unspecified atom stereocenters. The van der Waals surface area contributed by atoms with Crippen molar-refractivity contribution in [1.29, 1.82) is 0 Å². The molecule has 1 amide bonds. The number of fused-ring (bicyclic) bond motifs is 1. The van der Waals surface area contributed by atoms with E-state index in [0.29, 0.717) is 25.7 Å².